The van der Waals surface area contributed by atoms with Crippen LogP contribution < -0.4 is 0 Å². The first-order valence-electron chi connectivity index (χ1n) is 6.60. The number of hydrogen-bond donors (Lipinski definition) is 1. The van der Waals surface area contributed by atoms with Crippen LogP contribution >= 0.6 is 0 Å². The maximum atomic E-state index is 10.2. The Bertz CT molecular complexity index is 722. The second kappa shape index (κ2) is 5.38. The lowest BCUT2D eigenvalue weighted by atomic mass is 10.1. The molecule has 1 unspecified atom stereocenters. The Morgan fingerprint density at radius 3 is 2.75 bits per heavy atom. The summed E-state index contributed by atoms with van der Waals surface area (Å²) >= 11 is 0. The average Bonchev–Trinajstić information content (AvgIpc) is 2.89. The van der Waals surface area contributed by atoms with Gasteiger partial charge < -0.3 is 9.67 Å². The molecular weight excluding hydrogens is 252 g/mol. The lowest BCUT2D eigenvalue weighted by molar-refractivity contribution is 0.162. The van der Waals surface area contributed by atoms with Gasteiger partial charge in [0.25, 0.3) is 0 Å². The molecule has 0 saturated carbocycles. The number of aliphatic hydroxyl groups is 1. The molecule has 1 N–H and O–H groups in total. The Kier molecular flexibility index (Phi) is 3.43. The zero-order valence-electron chi connectivity index (χ0n) is 11.3. The van der Waals surface area contributed by atoms with Gasteiger partial charge >= 0.3 is 0 Å². The number of hydrogen-bond acceptors (Lipinski definition) is 4. The van der Waals surface area contributed by atoms with Crippen LogP contribution in [0.1, 0.15) is 24.0 Å². The highest BCUT2D eigenvalue weighted by atomic mass is 16.3. The van der Waals surface area contributed by atoms with Gasteiger partial charge in [0.2, 0.25) is 0 Å². The minimum Gasteiger partial charge on any atom is -0.387 e. The number of aryl methyl sites for hydroxylation is 2. The Morgan fingerprint density at radius 2 is 2.00 bits per heavy atom. The summed E-state index contributed by atoms with van der Waals surface area (Å²) in [6, 6.07) is 7.65. The molecule has 0 aliphatic heterocycles. The number of aliphatic hydroxyl groups excluding tert-OH is 1. The van der Waals surface area contributed by atoms with Crippen molar-refractivity contribution in [2.75, 3.05) is 0 Å². The molecule has 1 atom stereocenters. The summed E-state index contributed by atoms with van der Waals surface area (Å²) in [7, 11) is 1.95. The Labute approximate surface area is 117 Å². The molecule has 0 radical (unpaired) electrons. The van der Waals surface area contributed by atoms with Crippen LogP contribution in [0, 0.1) is 0 Å². The van der Waals surface area contributed by atoms with Gasteiger partial charge in [-0.3, -0.25) is 4.98 Å². The fourth-order valence-corrected chi connectivity index (χ4v) is 2.18. The van der Waals surface area contributed by atoms with Crippen LogP contribution in [0.3, 0.4) is 0 Å². The number of benzene rings is 1. The number of imidazole rings is 1. The Balaban J connectivity index is 1.75. The van der Waals surface area contributed by atoms with Crippen LogP contribution in [0.25, 0.3) is 11.0 Å². The molecule has 3 rings (SSSR count). The SMILES string of the molecule is Cn1ccnc1CCC(O)c1cnc2ccccc2n1. The first kappa shape index (κ1) is 12.7. The molecular formula is C15H16N4O. The van der Waals surface area contributed by atoms with E-state index < -0.39 is 6.10 Å². The zero-order chi connectivity index (χ0) is 13.9. The minimum atomic E-state index is -0.621. The van der Waals surface area contributed by atoms with Crippen molar-refractivity contribution in [3.05, 3.63) is 54.4 Å². The summed E-state index contributed by atoms with van der Waals surface area (Å²) < 4.78 is 1.96. The minimum absolute atomic E-state index is 0.581. The van der Waals surface area contributed by atoms with E-state index in [1.807, 2.05) is 42.1 Å². The van der Waals surface area contributed by atoms with Crippen LogP contribution in [0.15, 0.2) is 42.9 Å². The molecule has 5 heteroatoms. The molecule has 0 aliphatic carbocycles. The molecule has 2 heterocycles. The van der Waals surface area contributed by atoms with Gasteiger partial charge in [0.05, 0.1) is 29.0 Å². The molecule has 0 fully saturated rings. The van der Waals surface area contributed by atoms with Crippen LogP contribution in [0.2, 0.25) is 0 Å². The molecule has 2 aromatic heterocycles. The van der Waals surface area contributed by atoms with Crippen molar-refractivity contribution in [3.8, 4) is 0 Å². The third kappa shape index (κ3) is 2.53. The van der Waals surface area contributed by atoms with Crippen LogP contribution in [-0.4, -0.2) is 24.6 Å². The van der Waals surface area contributed by atoms with Crippen molar-refractivity contribution in [3.63, 3.8) is 0 Å². The maximum absolute atomic E-state index is 10.2. The highest BCUT2D eigenvalue weighted by molar-refractivity contribution is 5.73. The lowest BCUT2D eigenvalue weighted by Crippen LogP contribution is -2.06. The first-order chi connectivity index (χ1) is 9.74. The molecule has 0 saturated heterocycles. The van der Waals surface area contributed by atoms with Gasteiger partial charge in [0, 0.05) is 25.9 Å². The monoisotopic (exact) mass is 268 g/mol. The summed E-state index contributed by atoms with van der Waals surface area (Å²) in [5, 5.41) is 10.2. The zero-order valence-corrected chi connectivity index (χ0v) is 11.3. The molecule has 0 amide bonds. The van der Waals surface area contributed by atoms with Crippen LogP contribution in [-0.2, 0) is 13.5 Å². The molecule has 1 aromatic carbocycles. The lowest BCUT2D eigenvalue weighted by Gasteiger charge is -2.10. The normalized spacial score (nSPS) is 12.7. The molecule has 0 bridgehead atoms. The molecule has 5 nitrogen and oxygen atoms in total. The van der Waals surface area contributed by atoms with E-state index in [0.717, 1.165) is 16.9 Å². The van der Waals surface area contributed by atoms with Crippen molar-refractivity contribution in [2.24, 2.45) is 7.05 Å². The number of para-hydroxylation sites is 2. The standard InChI is InChI=1S/C15H16N4O/c1-19-9-8-16-15(19)7-6-14(20)13-10-17-11-4-2-3-5-12(11)18-13/h2-5,8-10,14,20H,6-7H2,1H3. The van der Waals surface area contributed by atoms with E-state index in [1.165, 1.54) is 0 Å². The van der Waals surface area contributed by atoms with Crippen molar-refractivity contribution in [2.45, 2.75) is 18.9 Å². The predicted octanol–water partition coefficient (Wildman–Crippen LogP) is 2.03. The second-order valence-corrected chi connectivity index (χ2v) is 4.79. The van der Waals surface area contributed by atoms with E-state index in [1.54, 1.807) is 12.4 Å². The highest BCUT2D eigenvalue weighted by Crippen LogP contribution is 2.18. The van der Waals surface area contributed by atoms with Gasteiger partial charge in [0.1, 0.15) is 5.82 Å². The smallest absolute Gasteiger partial charge is 0.108 e. The average molecular weight is 268 g/mol. The Morgan fingerprint density at radius 1 is 1.20 bits per heavy atom. The maximum Gasteiger partial charge on any atom is 0.108 e. The molecule has 3 aromatic rings. The topological polar surface area (TPSA) is 63.8 Å². The summed E-state index contributed by atoms with van der Waals surface area (Å²) in [5.74, 6) is 0.956. The van der Waals surface area contributed by atoms with E-state index in [2.05, 4.69) is 15.0 Å². The second-order valence-electron chi connectivity index (χ2n) is 4.79. The van der Waals surface area contributed by atoms with E-state index in [4.69, 9.17) is 0 Å². The van der Waals surface area contributed by atoms with E-state index in [0.29, 0.717) is 18.5 Å². The van der Waals surface area contributed by atoms with Gasteiger partial charge in [-0.25, -0.2) is 9.97 Å². The van der Waals surface area contributed by atoms with Crippen LogP contribution in [0.5, 0.6) is 0 Å². The van der Waals surface area contributed by atoms with Gasteiger partial charge in [-0.15, -0.1) is 0 Å². The van der Waals surface area contributed by atoms with Crippen molar-refractivity contribution >= 4 is 11.0 Å². The fraction of sp³-hybridized carbons (Fsp3) is 0.267. The summed E-state index contributed by atoms with van der Waals surface area (Å²) in [6.45, 7) is 0. The van der Waals surface area contributed by atoms with Gasteiger partial charge in [-0.05, 0) is 18.6 Å². The highest BCUT2D eigenvalue weighted by Gasteiger charge is 2.12. The molecule has 20 heavy (non-hydrogen) atoms. The molecule has 102 valence electrons. The van der Waals surface area contributed by atoms with Crippen molar-refractivity contribution < 1.29 is 5.11 Å². The summed E-state index contributed by atoms with van der Waals surface area (Å²) in [5.41, 5.74) is 2.26. The van der Waals surface area contributed by atoms with Gasteiger partial charge in [0.15, 0.2) is 0 Å². The fourth-order valence-electron chi connectivity index (χ4n) is 2.18. The van der Waals surface area contributed by atoms with Crippen molar-refractivity contribution in [1.82, 2.24) is 19.5 Å². The number of fused-ring (bicyclic) bond motifs is 1. The summed E-state index contributed by atoms with van der Waals surface area (Å²) in [6.07, 6.45) is 5.97. The summed E-state index contributed by atoms with van der Waals surface area (Å²) in [4.78, 5) is 13.0. The predicted molar refractivity (Wildman–Crippen MR) is 76.0 cm³/mol. The number of aromatic nitrogens is 4. The number of nitrogens with zero attached hydrogens (tertiary/aromatic N) is 4. The molecule has 0 spiro atoms. The first-order valence-corrected chi connectivity index (χ1v) is 6.60. The van der Waals surface area contributed by atoms with Gasteiger partial charge in [-0.1, -0.05) is 12.1 Å². The molecule has 0 aliphatic rings. The Hall–Kier alpha value is -2.27. The van der Waals surface area contributed by atoms with Crippen molar-refractivity contribution in [1.29, 1.82) is 0 Å². The third-order valence-electron chi connectivity index (χ3n) is 3.37. The van der Waals surface area contributed by atoms with E-state index in [9.17, 15) is 5.11 Å². The van der Waals surface area contributed by atoms with Crippen LogP contribution in [0.4, 0.5) is 0 Å². The number of rotatable bonds is 4. The van der Waals surface area contributed by atoms with Gasteiger partial charge in [-0.2, -0.15) is 0 Å². The van der Waals surface area contributed by atoms with E-state index >= 15 is 0 Å². The third-order valence-corrected chi connectivity index (χ3v) is 3.37. The largest absolute Gasteiger partial charge is 0.387 e. The van der Waals surface area contributed by atoms with E-state index in [-0.39, 0.29) is 0 Å². The quantitative estimate of drug-likeness (QED) is 0.786.